The minimum Gasteiger partial charge on any atom is -0.480 e. The summed E-state index contributed by atoms with van der Waals surface area (Å²) in [4.78, 5) is 133. The fourth-order valence-corrected chi connectivity index (χ4v) is 6.26. The molecule has 24 nitrogen and oxygen atoms in total. The molecule has 9 amide bonds. The molecule has 24 heteroatoms. The number of amides is 9. The summed E-state index contributed by atoms with van der Waals surface area (Å²) >= 11 is 0. The van der Waals surface area contributed by atoms with Crippen molar-refractivity contribution in [2.75, 3.05) is 13.1 Å². The van der Waals surface area contributed by atoms with Gasteiger partial charge in [-0.15, -0.1) is 0 Å². The Labute approximate surface area is 380 Å². The lowest BCUT2D eigenvalue weighted by atomic mass is 9.99. The average molecular weight is 926 g/mol. The smallest absolute Gasteiger partial charge is 0.326 e. The molecule has 65 heavy (non-hydrogen) atoms. The Morgan fingerprint density at radius 1 is 0.508 bits per heavy atom. The highest BCUT2D eigenvalue weighted by Crippen LogP contribution is 2.12. The summed E-state index contributed by atoms with van der Waals surface area (Å²) in [7, 11) is 0. The molecule has 0 unspecified atom stereocenters. The molecule has 0 aliphatic carbocycles. The van der Waals surface area contributed by atoms with E-state index in [1.807, 2.05) is 0 Å². The van der Waals surface area contributed by atoms with Gasteiger partial charge in [0.1, 0.15) is 36.3 Å². The first kappa shape index (κ1) is 58.9. The number of aliphatic carboxylic acids is 1. The lowest BCUT2D eigenvalue weighted by molar-refractivity contribution is -0.143. The van der Waals surface area contributed by atoms with E-state index in [1.165, 1.54) is 0 Å². The Kier molecular flexibility index (Phi) is 27.3. The number of carboxylic acid groups (broad SMARTS) is 1. The number of primary amides is 2. The van der Waals surface area contributed by atoms with Crippen LogP contribution in [0, 0.1) is 23.7 Å². The van der Waals surface area contributed by atoms with E-state index in [4.69, 9.17) is 28.7 Å². The monoisotopic (exact) mass is 926 g/mol. The van der Waals surface area contributed by atoms with E-state index in [0.717, 1.165) is 0 Å². The molecule has 18 N–H and O–H groups in total. The van der Waals surface area contributed by atoms with E-state index in [9.17, 15) is 53.1 Å². The van der Waals surface area contributed by atoms with Crippen LogP contribution >= 0.6 is 0 Å². The predicted octanol–water partition coefficient (Wildman–Crippen LogP) is -3.20. The molecular weight excluding hydrogens is 851 g/mol. The molecule has 0 aromatic heterocycles. The fourth-order valence-electron chi connectivity index (χ4n) is 6.26. The molecule has 0 fully saturated rings. The Balaban J connectivity index is 6.30. The fraction of sp³-hybridized carbons (Fsp3) is 0.732. The van der Waals surface area contributed by atoms with Gasteiger partial charge >= 0.3 is 5.97 Å². The van der Waals surface area contributed by atoms with E-state index in [1.54, 1.807) is 55.4 Å². The first-order chi connectivity index (χ1) is 30.1. The number of carbonyl (C=O) groups excluding carboxylic acids is 9. The molecule has 370 valence electrons. The highest BCUT2D eigenvalue weighted by Gasteiger charge is 2.34. The van der Waals surface area contributed by atoms with Gasteiger partial charge in [0.05, 0.1) is 12.6 Å². The molecular formula is C41H75N13O11. The van der Waals surface area contributed by atoms with Crippen molar-refractivity contribution in [1.29, 1.82) is 0 Å². The van der Waals surface area contributed by atoms with Gasteiger partial charge in [-0.1, -0.05) is 55.4 Å². The maximum Gasteiger partial charge on any atom is 0.326 e. The summed E-state index contributed by atoms with van der Waals surface area (Å²) < 4.78 is 0. The first-order valence-corrected chi connectivity index (χ1v) is 21.8. The van der Waals surface area contributed by atoms with Crippen LogP contribution in [0.25, 0.3) is 0 Å². The van der Waals surface area contributed by atoms with E-state index in [-0.39, 0.29) is 88.0 Å². The van der Waals surface area contributed by atoms with Crippen molar-refractivity contribution < 1.29 is 53.1 Å². The third kappa shape index (κ3) is 25.7. The molecule has 0 heterocycles. The van der Waals surface area contributed by atoms with Crippen LogP contribution in [0.3, 0.4) is 0 Å². The molecule has 0 bridgehead atoms. The van der Waals surface area contributed by atoms with E-state index in [0.29, 0.717) is 0 Å². The zero-order valence-electron chi connectivity index (χ0n) is 39.0. The normalized spacial score (nSPS) is 14.4. The molecule has 0 aromatic carbocycles. The second kappa shape index (κ2) is 30.1. The maximum atomic E-state index is 13.9. The summed E-state index contributed by atoms with van der Waals surface area (Å²) in [6.45, 7) is 13.4. The standard InChI is InChI=1S/C41H75N13O11/c1-20(2)16-27(39(63)54-33(23(7)8)40(64)65)49-32(57)19-48-35(59)26(12-14-31(44)56)51-37(61)28(17-21(3)4)53-38(62)29(18-22(5)6)52-36(60)25(10-9-15-47-41(45)46)50-34(58)24(42)11-13-30(43)55/h20-29,33H,9-19,42H2,1-8H3,(H2,43,55)(H2,44,56)(H,48,59)(H,49,57)(H,50,58)(H,51,61)(H,52,60)(H,53,62)(H,54,63)(H,64,65)(H4,45,46,47)/t24-,25-,26-,27-,28-,29-,33-/m0/s1. The van der Waals surface area contributed by atoms with Gasteiger partial charge < -0.3 is 71.0 Å². The lowest BCUT2D eigenvalue weighted by Crippen LogP contribution is -2.59. The predicted molar refractivity (Wildman–Crippen MR) is 240 cm³/mol. The number of aliphatic imine (C=N–C) groups is 1. The number of carbonyl (C=O) groups is 10. The Bertz CT molecular complexity index is 1670. The molecule has 0 saturated carbocycles. The number of hydrogen-bond donors (Lipinski definition) is 13. The second-order valence-corrected chi connectivity index (χ2v) is 17.6. The van der Waals surface area contributed by atoms with Gasteiger partial charge in [0, 0.05) is 19.4 Å². The minimum atomic E-state index is -1.43. The van der Waals surface area contributed by atoms with Crippen molar-refractivity contribution in [3.05, 3.63) is 0 Å². The Morgan fingerprint density at radius 2 is 0.908 bits per heavy atom. The number of guanidine groups is 1. The number of carboxylic acids is 1. The Morgan fingerprint density at radius 3 is 1.34 bits per heavy atom. The second-order valence-electron chi connectivity index (χ2n) is 17.6. The van der Waals surface area contributed by atoms with Gasteiger partial charge in [0.25, 0.3) is 0 Å². The van der Waals surface area contributed by atoms with Gasteiger partial charge in [-0.2, -0.15) is 0 Å². The van der Waals surface area contributed by atoms with Gasteiger partial charge in [-0.3, -0.25) is 48.1 Å². The summed E-state index contributed by atoms with van der Waals surface area (Å²) in [5.41, 5.74) is 27.3. The van der Waals surface area contributed by atoms with Crippen LogP contribution in [0.5, 0.6) is 0 Å². The van der Waals surface area contributed by atoms with Crippen molar-refractivity contribution in [2.24, 2.45) is 57.3 Å². The summed E-state index contributed by atoms with van der Waals surface area (Å²) in [5.74, 6) is -9.39. The molecule has 0 aliphatic rings. The molecule has 0 saturated heterocycles. The lowest BCUT2D eigenvalue weighted by Gasteiger charge is -2.28. The number of hydrogen-bond acceptors (Lipinski definition) is 12. The molecule has 7 atom stereocenters. The molecule has 0 aromatic rings. The van der Waals surface area contributed by atoms with Crippen molar-refractivity contribution in [3.63, 3.8) is 0 Å². The molecule has 0 spiro atoms. The van der Waals surface area contributed by atoms with Crippen LogP contribution < -0.4 is 65.9 Å². The maximum absolute atomic E-state index is 13.9. The molecule has 0 rings (SSSR count). The summed E-state index contributed by atoms with van der Waals surface area (Å²) in [5, 5.41) is 27.2. The van der Waals surface area contributed by atoms with Gasteiger partial charge in [0.15, 0.2) is 5.96 Å². The first-order valence-electron chi connectivity index (χ1n) is 21.8. The number of nitrogens with zero attached hydrogens (tertiary/aromatic N) is 1. The number of rotatable bonds is 32. The van der Waals surface area contributed by atoms with Crippen LogP contribution in [-0.2, 0) is 47.9 Å². The Hall–Kier alpha value is -6.07. The van der Waals surface area contributed by atoms with Gasteiger partial charge in [-0.05, 0) is 68.6 Å². The largest absolute Gasteiger partial charge is 0.480 e. The number of nitrogens with one attached hydrogen (secondary N) is 7. The zero-order valence-corrected chi connectivity index (χ0v) is 39.0. The third-order valence-corrected chi connectivity index (χ3v) is 9.62. The van der Waals surface area contributed by atoms with Crippen molar-refractivity contribution in [3.8, 4) is 0 Å². The summed E-state index contributed by atoms with van der Waals surface area (Å²) in [6, 6.07) is -8.73. The molecule has 0 aliphatic heterocycles. The molecule has 0 radical (unpaired) electrons. The highest BCUT2D eigenvalue weighted by atomic mass is 16.4. The van der Waals surface area contributed by atoms with Crippen LogP contribution in [-0.4, -0.2) is 126 Å². The zero-order chi connectivity index (χ0) is 50.1. The van der Waals surface area contributed by atoms with E-state index < -0.39 is 114 Å². The van der Waals surface area contributed by atoms with Crippen molar-refractivity contribution in [2.45, 2.75) is 155 Å². The quantitative estimate of drug-likeness (QED) is 0.0180. The van der Waals surface area contributed by atoms with Crippen molar-refractivity contribution >= 4 is 65.1 Å². The SMILES string of the molecule is CC(C)C[C@H](NC(=O)CNC(=O)[C@H](CCC(N)=O)NC(=O)[C@H](CC(C)C)NC(=O)[C@H](CC(C)C)NC(=O)[C@H](CCCN=C(N)N)NC(=O)[C@@H](N)CCC(N)=O)C(=O)N[C@H](C(=O)O)C(C)C. The van der Waals surface area contributed by atoms with Crippen LogP contribution in [0.15, 0.2) is 4.99 Å². The van der Waals surface area contributed by atoms with Gasteiger partial charge in [-0.25, -0.2) is 4.79 Å². The van der Waals surface area contributed by atoms with Crippen molar-refractivity contribution in [1.82, 2.24) is 37.2 Å². The van der Waals surface area contributed by atoms with Crippen LogP contribution in [0.2, 0.25) is 0 Å². The average Bonchev–Trinajstić information content (AvgIpc) is 3.18. The van der Waals surface area contributed by atoms with Gasteiger partial charge in [0.2, 0.25) is 53.2 Å². The number of nitrogens with two attached hydrogens (primary N) is 5. The van der Waals surface area contributed by atoms with E-state index >= 15 is 0 Å². The third-order valence-electron chi connectivity index (χ3n) is 9.62. The highest BCUT2D eigenvalue weighted by molar-refractivity contribution is 5.97. The van der Waals surface area contributed by atoms with E-state index in [2.05, 4.69) is 42.2 Å². The van der Waals surface area contributed by atoms with Crippen LogP contribution in [0.4, 0.5) is 0 Å². The topological polar surface area (TPSA) is 418 Å². The van der Waals surface area contributed by atoms with Crippen LogP contribution in [0.1, 0.15) is 113 Å². The minimum absolute atomic E-state index is 0.0150. The summed E-state index contributed by atoms with van der Waals surface area (Å²) in [6.07, 6.45) is -0.392.